The van der Waals surface area contributed by atoms with Crippen LogP contribution >= 0.6 is 11.3 Å². The number of hydrogen-bond acceptors (Lipinski definition) is 4. The van der Waals surface area contributed by atoms with Gasteiger partial charge in [-0.15, -0.1) is 11.3 Å². The van der Waals surface area contributed by atoms with E-state index in [1.165, 1.54) is 4.88 Å². The molecule has 1 aromatic carbocycles. The molecule has 2 unspecified atom stereocenters. The summed E-state index contributed by atoms with van der Waals surface area (Å²) in [4.78, 5) is 5.85. The van der Waals surface area contributed by atoms with Gasteiger partial charge >= 0.3 is 0 Å². The van der Waals surface area contributed by atoms with Crippen molar-refractivity contribution in [3.05, 3.63) is 45.4 Å². The quantitative estimate of drug-likeness (QED) is 0.891. The van der Waals surface area contributed by atoms with Gasteiger partial charge in [-0.25, -0.2) is 4.98 Å². The number of hydrogen-bond donors (Lipinski definition) is 2. The Morgan fingerprint density at radius 1 is 1.21 bits per heavy atom. The molecule has 0 radical (unpaired) electrons. The molecule has 4 heteroatoms. The predicted octanol–water partition coefficient (Wildman–Crippen LogP) is 3.88. The van der Waals surface area contributed by atoms with Gasteiger partial charge < -0.3 is 10.4 Å². The lowest BCUT2D eigenvalue weighted by Gasteiger charge is -2.20. The van der Waals surface area contributed by atoms with Gasteiger partial charge in [-0.3, -0.25) is 0 Å². The number of nitrogens with zero attached hydrogens (tertiary/aromatic N) is 1. The van der Waals surface area contributed by atoms with Gasteiger partial charge in [-0.05, 0) is 45.4 Å². The molecule has 1 aromatic heterocycles. The highest BCUT2D eigenvalue weighted by atomic mass is 32.1. The van der Waals surface area contributed by atoms with Gasteiger partial charge in [0.25, 0.3) is 0 Å². The zero-order valence-corrected chi connectivity index (χ0v) is 12.6. The fourth-order valence-electron chi connectivity index (χ4n) is 2.29. The van der Waals surface area contributed by atoms with E-state index in [1.807, 2.05) is 19.1 Å². The Balaban J connectivity index is 2.10. The van der Waals surface area contributed by atoms with Crippen molar-refractivity contribution in [1.82, 2.24) is 10.3 Å². The van der Waals surface area contributed by atoms with Gasteiger partial charge in [-0.2, -0.15) is 0 Å². The molecule has 0 saturated carbocycles. The van der Waals surface area contributed by atoms with E-state index in [9.17, 15) is 5.11 Å². The van der Waals surface area contributed by atoms with Crippen LogP contribution in [-0.2, 0) is 0 Å². The van der Waals surface area contributed by atoms with Crippen LogP contribution in [0.3, 0.4) is 0 Å². The number of aromatic nitrogens is 1. The van der Waals surface area contributed by atoms with Crippen molar-refractivity contribution >= 4 is 11.3 Å². The summed E-state index contributed by atoms with van der Waals surface area (Å²) >= 11 is 1.73. The number of thiazole rings is 1. The summed E-state index contributed by atoms with van der Waals surface area (Å²) in [5.74, 6) is 0.305. The van der Waals surface area contributed by atoms with E-state index in [-0.39, 0.29) is 12.1 Å². The van der Waals surface area contributed by atoms with Gasteiger partial charge in [0.05, 0.1) is 10.7 Å². The van der Waals surface area contributed by atoms with Crippen LogP contribution in [0.15, 0.2) is 24.3 Å². The van der Waals surface area contributed by atoms with Gasteiger partial charge in [0, 0.05) is 17.0 Å². The van der Waals surface area contributed by atoms with Gasteiger partial charge in [0.1, 0.15) is 5.75 Å². The van der Waals surface area contributed by atoms with Crippen molar-refractivity contribution in [1.29, 1.82) is 0 Å². The van der Waals surface area contributed by atoms with Crippen LogP contribution in [0, 0.1) is 13.8 Å². The number of benzene rings is 1. The average Bonchev–Trinajstić information content (AvgIpc) is 2.68. The zero-order chi connectivity index (χ0) is 14.0. The Labute approximate surface area is 118 Å². The number of phenolic OH excluding ortho intramolecular Hbond substituents is 1. The molecule has 0 aliphatic carbocycles. The summed E-state index contributed by atoms with van der Waals surface area (Å²) in [5, 5.41) is 14.2. The van der Waals surface area contributed by atoms with Crippen LogP contribution in [0.2, 0.25) is 0 Å². The molecule has 0 fully saturated rings. The lowest BCUT2D eigenvalue weighted by atomic mass is 10.1. The third kappa shape index (κ3) is 3.33. The number of rotatable bonds is 4. The van der Waals surface area contributed by atoms with Crippen molar-refractivity contribution in [3.63, 3.8) is 0 Å². The molecule has 2 N–H and O–H groups in total. The summed E-state index contributed by atoms with van der Waals surface area (Å²) in [7, 11) is 0. The minimum absolute atomic E-state index is 0.170. The Morgan fingerprint density at radius 3 is 2.53 bits per heavy atom. The second kappa shape index (κ2) is 5.72. The Bertz CT molecular complexity index is 565. The third-order valence-electron chi connectivity index (χ3n) is 3.22. The summed E-state index contributed by atoms with van der Waals surface area (Å²) in [6.45, 7) is 8.37. The summed E-state index contributed by atoms with van der Waals surface area (Å²) < 4.78 is 0. The monoisotopic (exact) mass is 276 g/mol. The minimum atomic E-state index is 0.170. The number of aromatic hydroxyl groups is 1. The lowest BCUT2D eigenvalue weighted by molar-refractivity contribution is 0.464. The first-order valence-electron chi connectivity index (χ1n) is 6.46. The first kappa shape index (κ1) is 14.0. The topological polar surface area (TPSA) is 45.2 Å². The lowest BCUT2D eigenvalue weighted by Crippen LogP contribution is -2.23. The summed E-state index contributed by atoms with van der Waals surface area (Å²) in [6, 6.07) is 7.73. The molecule has 2 rings (SSSR count). The molecule has 3 nitrogen and oxygen atoms in total. The largest absolute Gasteiger partial charge is 0.508 e. The molecule has 0 saturated heterocycles. The van der Waals surface area contributed by atoms with Crippen LogP contribution in [0.25, 0.3) is 0 Å². The molecular weight excluding hydrogens is 256 g/mol. The minimum Gasteiger partial charge on any atom is -0.508 e. The van der Waals surface area contributed by atoms with Crippen LogP contribution < -0.4 is 5.32 Å². The fraction of sp³-hybridized carbons (Fsp3) is 0.400. The molecule has 0 aliphatic rings. The number of aryl methyl sites for hydroxylation is 2. The maximum atomic E-state index is 9.52. The Hall–Kier alpha value is -1.39. The predicted molar refractivity (Wildman–Crippen MR) is 79.7 cm³/mol. The third-order valence-corrected chi connectivity index (χ3v) is 4.12. The van der Waals surface area contributed by atoms with E-state index in [0.717, 1.165) is 16.3 Å². The smallest absolute Gasteiger partial charge is 0.115 e. The number of nitrogens with one attached hydrogen (secondary N) is 1. The second-order valence-corrected chi connectivity index (χ2v) is 6.29. The molecule has 0 amide bonds. The van der Waals surface area contributed by atoms with Crippen molar-refractivity contribution in [2.75, 3.05) is 0 Å². The summed E-state index contributed by atoms with van der Waals surface area (Å²) in [5.41, 5.74) is 2.20. The van der Waals surface area contributed by atoms with E-state index in [1.54, 1.807) is 23.5 Å². The average molecular weight is 276 g/mol. The van der Waals surface area contributed by atoms with Crippen LogP contribution in [0.5, 0.6) is 5.75 Å². The van der Waals surface area contributed by atoms with Gasteiger partial charge in [0.2, 0.25) is 0 Å². The van der Waals surface area contributed by atoms with Crippen molar-refractivity contribution < 1.29 is 5.11 Å². The normalized spacial score (nSPS) is 14.3. The van der Waals surface area contributed by atoms with Crippen LogP contribution in [0.4, 0.5) is 0 Å². The maximum absolute atomic E-state index is 9.52. The van der Waals surface area contributed by atoms with E-state index < -0.39 is 0 Å². The van der Waals surface area contributed by atoms with Crippen molar-refractivity contribution in [2.24, 2.45) is 0 Å². The van der Waals surface area contributed by atoms with Crippen molar-refractivity contribution in [3.8, 4) is 5.75 Å². The second-order valence-electron chi connectivity index (χ2n) is 4.88. The van der Waals surface area contributed by atoms with Crippen molar-refractivity contribution in [2.45, 2.75) is 39.8 Å². The van der Waals surface area contributed by atoms with E-state index in [4.69, 9.17) is 0 Å². The summed E-state index contributed by atoms with van der Waals surface area (Å²) in [6.07, 6.45) is 0. The molecule has 19 heavy (non-hydrogen) atoms. The highest BCUT2D eigenvalue weighted by molar-refractivity contribution is 7.11. The molecule has 102 valence electrons. The zero-order valence-electron chi connectivity index (χ0n) is 11.8. The molecular formula is C15H20N2OS. The highest BCUT2D eigenvalue weighted by Crippen LogP contribution is 2.25. The van der Waals surface area contributed by atoms with E-state index in [0.29, 0.717) is 5.75 Å². The standard InChI is InChI=1S/C15H20N2OS/c1-9(13-6-5-7-14(18)8-13)16-10(2)15-11(3)19-12(4)17-15/h5-10,16,18H,1-4H3. The Kier molecular flexibility index (Phi) is 4.22. The van der Waals surface area contributed by atoms with E-state index in [2.05, 4.69) is 31.1 Å². The Morgan fingerprint density at radius 2 is 1.95 bits per heavy atom. The molecule has 0 bridgehead atoms. The first-order valence-corrected chi connectivity index (χ1v) is 7.28. The molecule has 2 aromatic rings. The molecule has 0 aliphatic heterocycles. The SMILES string of the molecule is Cc1nc(C(C)NC(C)c2cccc(O)c2)c(C)s1. The highest BCUT2D eigenvalue weighted by Gasteiger charge is 2.16. The van der Waals surface area contributed by atoms with Crippen LogP contribution in [0.1, 0.15) is 47.1 Å². The molecule has 1 heterocycles. The van der Waals surface area contributed by atoms with Gasteiger partial charge in [0.15, 0.2) is 0 Å². The van der Waals surface area contributed by atoms with Gasteiger partial charge in [-0.1, -0.05) is 12.1 Å². The fourth-order valence-corrected chi connectivity index (χ4v) is 3.21. The molecule has 0 spiro atoms. The first-order chi connectivity index (χ1) is 8.97. The van der Waals surface area contributed by atoms with Crippen LogP contribution in [-0.4, -0.2) is 10.1 Å². The maximum Gasteiger partial charge on any atom is 0.115 e. The number of phenols is 1. The molecule has 2 atom stereocenters. The van der Waals surface area contributed by atoms with E-state index >= 15 is 0 Å².